The Morgan fingerprint density at radius 2 is 1.10 bits per heavy atom. The molecule has 1 aliphatic rings. The minimum Gasteiger partial charge on any atom is -0.309 e. The van der Waals surface area contributed by atoms with Crippen molar-refractivity contribution in [2.45, 2.75) is 13.1 Å². The van der Waals surface area contributed by atoms with E-state index < -0.39 is 15.2 Å². The maximum atomic E-state index is 15.4. The molecule has 0 amide bonds. The first kappa shape index (κ1) is 17.8. The van der Waals surface area contributed by atoms with Gasteiger partial charge in [0.2, 0.25) is 0 Å². The van der Waals surface area contributed by atoms with Gasteiger partial charge in [-0.2, -0.15) is 0 Å². The average molecular weight is 447 g/mol. The van der Waals surface area contributed by atoms with Gasteiger partial charge < -0.3 is 4.57 Å². The topological polar surface area (TPSA) is 17.1 Å². The lowest BCUT2D eigenvalue weighted by Gasteiger charge is -2.34. The summed E-state index contributed by atoms with van der Waals surface area (Å²) in [7, 11) is -4.92. The summed E-state index contributed by atoms with van der Waals surface area (Å²) in [5.41, 5.74) is 0. The Labute approximate surface area is 179 Å². The molecule has 0 saturated heterocycles. The van der Waals surface area contributed by atoms with Gasteiger partial charge in [-0.25, -0.2) is 0 Å². The lowest BCUT2D eigenvalue weighted by Crippen LogP contribution is -2.64. The summed E-state index contributed by atoms with van der Waals surface area (Å²) in [4.78, 5) is 0. The first-order valence-corrected chi connectivity index (χ1v) is 16.1. The van der Waals surface area contributed by atoms with Crippen LogP contribution in [0.25, 0.3) is 20.2 Å². The molecule has 1 aliphatic heterocycles. The molecule has 29 heavy (non-hydrogen) atoms. The van der Waals surface area contributed by atoms with Gasteiger partial charge in [0.05, 0.1) is 0 Å². The van der Waals surface area contributed by atoms with Crippen molar-refractivity contribution in [3.63, 3.8) is 0 Å². The van der Waals surface area contributed by atoms with Gasteiger partial charge in [0.15, 0.2) is 7.14 Å². The van der Waals surface area contributed by atoms with E-state index in [2.05, 4.69) is 73.8 Å². The Bertz CT molecular complexity index is 1370. The van der Waals surface area contributed by atoms with Crippen molar-refractivity contribution in [3.8, 4) is 0 Å². The molecule has 0 saturated carbocycles. The molecule has 2 aromatic heterocycles. The Balaban J connectivity index is 1.88. The molecule has 0 unspecified atom stereocenters. The molecule has 0 aliphatic carbocycles. The summed E-state index contributed by atoms with van der Waals surface area (Å²) in [5, 5.41) is 5.57. The average Bonchev–Trinajstić information content (AvgIpc) is 3.34. The third-order valence-electron chi connectivity index (χ3n) is 6.02. The summed E-state index contributed by atoms with van der Waals surface area (Å²) in [6.45, 7) is 4.87. The van der Waals surface area contributed by atoms with Crippen molar-refractivity contribution >= 4 is 83.0 Å². The molecule has 1 nitrogen and oxygen atoms in total. The summed E-state index contributed by atoms with van der Waals surface area (Å²) >= 11 is 3.75. The Morgan fingerprint density at radius 3 is 1.62 bits per heavy atom. The van der Waals surface area contributed by atoms with Crippen LogP contribution in [0, 0.1) is 0 Å². The molecule has 0 fully saturated rings. The fourth-order valence-electron chi connectivity index (χ4n) is 4.65. The van der Waals surface area contributed by atoms with E-state index in [1.54, 1.807) is 0 Å². The molecule has 3 heterocycles. The van der Waals surface area contributed by atoms with Gasteiger partial charge in [0, 0.05) is 45.1 Å². The summed E-state index contributed by atoms with van der Waals surface area (Å²) in [6.07, 6.45) is 0. The Morgan fingerprint density at radius 1 is 0.655 bits per heavy atom. The Hall–Kier alpha value is -1.97. The third kappa shape index (κ3) is 2.23. The molecule has 142 valence electrons. The minimum absolute atomic E-state index is 0.958. The van der Waals surface area contributed by atoms with Crippen LogP contribution in [-0.4, -0.2) is 8.07 Å². The second kappa shape index (κ2) is 6.02. The van der Waals surface area contributed by atoms with Gasteiger partial charge in [-0.1, -0.05) is 79.8 Å². The maximum absolute atomic E-state index is 15.4. The van der Waals surface area contributed by atoms with Crippen LogP contribution in [0.1, 0.15) is 0 Å². The molecule has 0 atom stereocenters. The number of hydrogen-bond donors (Lipinski definition) is 0. The van der Waals surface area contributed by atoms with Crippen molar-refractivity contribution < 1.29 is 4.57 Å². The highest BCUT2D eigenvalue weighted by molar-refractivity contribution is 7.89. The van der Waals surface area contributed by atoms with Crippen LogP contribution >= 0.6 is 29.8 Å². The highest BCUT2D eigenvalue weighted by atomic mass is 32.1. The normalized spacial score (nSPS) is 16.6. The van der Waals surface area contributed by atoms with Gasteiger partial charge in [-0.3, -0.25) is 0 Å². The molecule has 3 aromatic carbocycles. The van der Waals surface area contributed by atoms with Gasteiger partial charge >= 0.3 is 0 Å². The summed E-state index contributed by atoms with van der Waals surface area (Å²) < 4.78 is 20.7. The smallest absolute Gasteiger partial charge is 0.173 e. The van der Waals surface area contributed by atoms with E-state index in [0.29, 0.717) is 0 Å². The second-order valence-corrected chi connectivity index (χ2v) is 17.8. The number of rotatable bonds is 1. The molecule has 0 bridgehead atoms. The molecule has 0 radical (unpaired) electrons. The van der Waals surface area contributed by atoms with E-state index in [0.717, 1.165) is 15.9 Å². The van der Waals surface area contributed by atoms with Crippen LogP contribution in [-0.2, 0) is 4.57 Å². The van der Waals surface area contributed by atoms with Gasteiger partial charge in [-0.05, 0) is 12.1 Å². The van der Waals surface area contributed by atoms with Crippen LogP contribution in [0.2, 0.25) is 13.1 Å². The van der Waals surface area contributed by atoms with E-state index >= 15 is 4.57 Å². The minimum atomic E-state index is -2.97. The van der Waals surface area contributed by atoms with E-state index in [4.69, 9.17) is 0 Å². The zero-order valence-electron chi connectivity index (χ0n) is 16.2. The fraction of sp³-hybridized carbons (Fsp3) is 0.0833. The second-order valence-electron chi connectivity index (χ2n) is 8.12. The van der Waals surface area contributed by atoms with Gasteiger partial charge in [0.25, 0.3) is 0 Å². The first-order valence-electron chi connectivity index (χ1n) is 9.74. The number of benzene rings is 3. The van der Waals surface area contributed by atoms with Gasteiger partial charge in [0.1, 0.15) is 8.07 Å². The number of thiophene rings is 2. The van der Waals surface area contributed by atoms with E-state index in [1.165, 1.54) is 29.2 Å². The van der Waals surface area contributed by atoms with E-state index in [1.807, 2.05) is 40.9 Å². The van der Waals surface area contributed by atoms with Crippen molar-refractivity contribution in [1.29, 1.82) is 0 Å². The zero-order chi connectivity index (χ0) is 19.8. The van der Waals surface area contributed by atoms with E-state index in [-0.39, 0.29) is 0 Å². The fourth-order valence-corrected chi connectivity index (χ4v) is 18.3. The highest BCUT2D eigenvalue weighted by Crippen LogP contribution is 2.50. The van der Waals surface area contributed by atoms with Crippen molar-refractivity contribution in [2.75, 3.05) is 0 Å². The quantitative estimate of drug-likeness (QED) is 0.265. The largest absolute Gasteiger partial charge is 0.309 e. The lowest BCUT2D eigenvalue weighted by molar-refractivity contribution is 0.593. The van der Waals surface area contributed by atoms with Crippen LogP contribution in [0.5, 0.6) is 0 Å². The summed E-state index contributed by atoms with van der Waals surface area (Å²) in [6, 6.07) is 27.3. The monoisotopic (exact) mass is 446 g/mol. The first-order chi connectivity index (χ1) is 14.0. The molecule has 0 spiro atoms. The molecule has 5 aromatic rings. The van der Waals surface area contributed by atoms with Gasteiger partial charge in [-0.15, -0.1) is 22.7 Å². The SMILES string of the molecule is C[Si]1(C)c2sc3ccccc3c2P(=O)(c2ccccc2)c2c1sc1ccccc21. The number of fused-ring (bicyclic) bond motifs is 6. The Kier molecular flexibility index (Phi) is 3.71. The predicted molar refractivity (Wildman–Crippen MR) is 133 cm³/mol. The van der Waals surface area contributed by atoms with Crippen LogP contribution in [0.4, 0.5) is 0 Å². The molecular weight excluding hydrogens is 427 g/mol. The lowest BCUT2D eigenvalue weighted by atomic mass is 10.3. The van der Waals surface area contributed by atoms with E-state index in [9.17, 15) is 0 Å². The predicted octanol–water partition coefficient (Wildman–Crippen LogP) is 4.89. The van der Waals surface area contributed by atoms with Crippen molar-refractivity contribution in [2.24, 2.45) is 0 Å². The summed E-state index contributed by atoms with van der Waals surface area (Å²) in [5.74, 6) is 0. The molecular formula is C24H19OPS2Si. The molecule has 6 rings (SSSR count). The van der Waals surface area contributed by atoms with Crippen LogP contribution in [0.15, 0.2) is 78.9 Å². The van der Waals surface area contributed by atoms with Crippen LogP contribution < -0.4 is 24.9 Å². The molecule has 5 heteroatoms. The number of hydrogen-bond acceptors (Lipinski definition) is 3. The van der Waals surface area contributed by atoms with Crippen molar-refractivity contribution in [3.05, 3.63) is 78.9 Å². The zero-order valence-corrected chi connectivity index (χ0v) is 19.7. The maximum Gasteiger partial charge on any atom is 0.173 e. The van der Waals surface area contributed by atoms with Crippen LogP contribution in [0.3, 0.4) is 0 Å². The molecule has 0 N–H and O–H groups in total. The highest BCUT2D eigenvalue weighted by Gasteiger charge is 2.50. The van der Waals surface area contributed by atoms with Crippen molar-refractivity contribution in [1.82, 2.24) is 0 Å². The third-order valence-corrected chi connectivity index (χ3v) is 18.4. The standard InChI is InChI=1S/C24H19OPS2Si/c1-29(2)23-21(17-12-6-8-14-19(17)27-23)26(25,16-10-4-3-5-11-16)22-18-13-7-9-15-20(18)28-24(22)29/h3-15H,1-2H3.